The van der Waals surface area contributed by atoms with Crippen molar-refractivity contribution in [2.24, 2.45) is 5.10 Å². The standard InChI is InChI=1S/C31H24N4O6/c36-29(19-23-9-5-2-6-10-23)33-26-14-12-24(13-15-26)31(38)34-32-21-25-20-27(35(39)40)16-17-28(25)41-30(37)18-11-22-7-3-1-4-8-22/h1-18,20-21H,19H2,(H,33,36)(H,34,38)/b18-11+,32-21+. The molecule has 4 aromatic rings. The molecule has 4 aromatic carbocycles. The summed E-state index contributed by atoms with van der Waals surface area (Å²) in [7, 11) is 0. The second-order valence-electron chi connectivity index (χ2n) is 8.63. The summed E-state index contributed by atoms with van der Waals surface area (Å²) in [5, 5.41) is 17.9. The summed E-state index contributed by atoms with van der Waals surface area (Å²) in [6.45, 7) is 0. The summed E-state index contributed by atoms with van der Waals surface area (Å²) in [6, 6.07) is 28.3. The van der Waals surface area contributed by atoms with Crippen LogP contribution in [-0.4, -0.2) is 28.9 Å². The van der Waals surface area contributed by atoms with E-state index in [0.717, 1.165) is 17.3 Å². The molecule has 204 valence electrons. The molecular formula is C31H24N4O6. The Balaban J connectivity index is 1.38. The maximum atomic E-state index is 12.6. The number of amides is 2. The number of anilines is 1. The lowest BCUT2D eigenvalue weighted by Gasteiger charge is -2.07. The van der Waals surface area contributed by atoms with Gasteiger partial charge in [0.2, 0.25) is 5.91 Å². The SMILES string of the molecule is O=C(Cc1ccccc1)Nc1ccc(C(=O)N/N=C/c2cc([N+](=O)[O-])ccc2OC(=O)/C=C/c2ccccc2)cc1. The van der Waals surface area contributed by atoms with E-state index in [1.807, 2.05) is 60.7 Å². The van der Waals surface area contributed by atoms with E-state index < -0.39 is 16.8 Å². The van der Waals surface area contributed by atoms with Crippen molar-refractivity contribution in [3.8, 4) is 5.75 Å². The Labute approximate surface area is 235 Å². The molecule has 10 heteroatoms. The van der Waals surface area contributed by atoms with Gasteiger partial charge in [0.25, 0.3) is 11.6 Å². The summed E-state index contributed by atoms with van der Waals surface area (Å²) >= 11 is 0. The number of nitro benzene ring substituents is 1. The Kier molecular flexibility index (Phi) is 9.44. The molecule has 0 unspecified atom stereocenters. The van der Waals surface area contributed by atoms with Crippen molar-refractivity contribution in [2.75, 3.05) is 5.32 Å². The lowest BCUT2D eigenvalue weighted by atomic mass is 10.1. The average molecular weight is 549 g/mol. The fourth-order valence-electron chi connectivity index (χ4n) is 3.63. The number of hydrogen-bond acceptors (Lipinski definition) is 7. The van der Waals surface area contributed by atoms with Gasteiger partial charge < -0.3 is 10.1 Å². The number of carbonyl (C=O) groups is 3. The topological polar surface area (TPSA) is 140 Å². The Hall–Kier alpha value is -5.90. The number of esters is 1. The Morgan fingerprint density at radius 1 is 0.878 bits per heavy atom. The molecular weight excluding hydrogens is 524 g/mol. The summed E-state index contributed by atoms with van der Waals surface area (Å²) in [5.41, 5.74) is 4.65. The highest BCUT2D eigenvalue weighted by atomic mass is 16.6. The first-order valence-electron chi connectivity index (χ1n) is 12.4. The van der Waals surface area contributed by atoms with Crippen LogP contribution in [0.15, 0.2) is 114 Å². The first kappa shape index (κ1) is 28.1. The van der Waals surface area contributed by atoms with Crippen LogP contribution in [0.25, 0.3) is 6.08 Å². The molecule has 10 nitrogen and oxygen atoms in total. The van der Waals surface area contributed by atoms with Gasteiger partial charge in [0, 0.05) is 35.0 Å². The molecule has 0 atom stereocenters. The number of carbonyl (C=O) groups excluding carboxylic acids is 3. The van der Waals surface area contributed by atoms with Crippen LogP contribution >= 0.6 is 0 Å². The fraction of sp³-hybridized carbons (Fsp3) is 0.0323. The molecule has 0 bridgehead atoms. The van der Waals surface area contributed by atoms with E-state index in [0.29, 0.717) is 5.69 Å². The maximum absolute atomic E-state index is 12.6. The number of nitro groups is 1. The third kappa shape index (κ3) is 8.55. The van der Waals surface area contributed by atoms with Crippen LogP contribution in [0.4, 0.5) is 11.4 Å². The molecule has 0 aliphatic carbocycles. The number of ether oxygens (including phenoxy) is 1. The second kappa shape index (κ2) is 13.8. The molecule has 0 saturated heterocycles. The second-order valence-corrected chi connectivity index (χ2v) is 8.63. The number of nitrogens with zero attached hydrogens (tertiary/aromatic N) is 2. The number of nitrogens with one attached hydrogen (secondary N) is 2. The lowest BCUT2D eigenvalue weighted by molar-refractivity contribution is -0.384. The first-order chi connectivity index (χ1) is 19.9. The molecule has 0 radical (unpaired) electrons. The molecule has 4 rings (SSSR count). The van der Waals surface area contributed by atoms with Gasteiger partial charge >= 0.3 is 5.97 Å². The smallest absolute Gasteiger partial charge is 0.336 e. The Morgan fingerprint density at radius 3 is 2.24 bits per heavy atom. The number of rotatable bonds is 10. The van der Waals surface area contributed by atoms with E-state index in [1.165, 1.54) is 36.4 Å². The van der Waals surface area contributed by atoms with Gasteiger partial charge in [0.05, 0.1) is 17.6 Å². The highest BCUT2D eigenvalue weighted by Crippen LogP contribution is 2.23. The third-order valence-corrected chi connectivity index (χ3v) is 5.63. The molecule has 0 spiro atoms. The third-order valence-electron chi connectivity index (χ3n) is 5.63. The zero-order valence-electron chi connectivity index (χ0n) is 21.6. The molecule has 0 aliphatic rings. The van der Waals surface area contributed by atoms with Crippen LogP contribution in [0.3, 0.4) is 0 Å². The van der Waals surface area contributed by atoms with Crippen LogP contribution in [0.5, 0.6) is 5.75 Å². The van der Waals surface area contributed by atoms with Gasteiger partial charge in [-0.1, -0.05) is 60.7 Å². The predicted octanol–water partition coefficient (Wildman–Crippen LogP) is 5.16. The van der Waals surface area contributed by atoms with Crippen molar-refractivity contribution in [1.82, 2.24) is 5.43 Å². The van der Waals surface area contributed by atoms with E-state index in [1.54, 1.807) is 18.2 Å². The Bertz CT molecular complexity index is 1600. The molecule has 0 saturated carbocycles. The van der Waals surface area contributed by atoms with Crippen LogP contribution in [-0.2, 0) is 16.0 Å². The minimum Gasteiger partial charge on any atom is -0.423 e. The molecule has 2 amide bonds. The van der Waals surface area contributed by atoms with Gasteiger partial charge in [-0.25, -0.2) is 10.2 Å². The zero-order valence-corrected chi connectivity index (χ0v) is 21.6. The van der Waals surface area contributed by atoms with Gasteiger partial charge in [0.1, 0.15) is 5.75 Å². The number of benzene rings is 4. The highest BCUT2D eigenvalue weighted by molar-refractivity contribution is 5.97. The van der Waals surface area contributed by atoms with Crippen molar-refractivity contribution in [3.63, 3.8) is 0 Å². The number of hydrogen-bond donors (Lipinski definition) is 2. The molecule has 2 N–H and O–H groups in total. The minimum atomic E-state index is -0.697. The molecule has 0 fully saturated rings. The Morgan fingerprint density at radius 2 is 1.56 bits per heavy atom. The van der Waals surface area contributed by atoms with Crippen LogP contribution in [0.2, 0.25) is 0 Å². The fourth-order valence-corrected chi connectivity index (χ4v) is 3.63. The van der Waals surface area contributed by atoms with Gasteiger partial charge in [-0.3, -0.25) is 19.7 Å². The highest BCUT2D eigenvalue weighted by Gasteiger charge is 2.13. The van der Waals surface area contributed by atoms with Gasteiger partial charge in [0.15, 0.2) is 0 Å². The van der Waals surface area contributed by atoms with E-state index in [9.17, 15) is 24.5 Å². The lowest BCUT2D eigenvalue weighted by Crippen LogP contribution is -2.18. The van der Waals surface area contributed by atoms with E-state index in [4.69, 9.17) is 4.74 Å². The molecule has 0 aromatic heterocycles. The van der Waals surface area contributed by atoms with E-state index in [2.05, 4.69) is 15.8 Å². The van der Waals surface area contributed by atoms with Gasteiger partial charge in [-0.2, -0.15) is 5.10 Å². The summed E-state index contributed by atoms with van der Waals surface area (Å²) in [4.78, 5) is 47.8. The minimum absolute atomic E-state index is 0.0203. The molecule has 0 aliphatic heterocycles. The monoisotopic (exact) mass is 548 g/mol. The number of non-ortho nitro benzene ring substituents is 1. The summed E-state index contributed by atoms with van der Waals surface area (Å²) in [5.74, 6) is -1.43. The van der Waals surface area contributed by atoms with Crippen LogP contribution < -0.4 is 15.5 Å². The largest absolute Gasteiger partial charge is 0.423 e. The van der Waals surface area contributed by atoms with Crippen molar-refractivity contribution in [1.29, 1.82) is 0 Å². The zero-order chi connectivity index (χ0) is 29.0. The van der Waals surface area contributed by atoms with Crippen molar-refractivity contribution < 1.29 is 24.0 Å². The average Bonchev–Trinajstić information content (AvgIpc) is 2.98. The summed E-state index contributed by atoms with van der Waals surface area (Å²) < 4.78 is 5.34. The quantitative estimate of drug-likeness (QED) is 0.0701. The van der Waals surface area contributed by atoms with Crippen molar-refractivity contribution in [3.05, 3.63) is 142 Å². The van der Waals surface area contributed by atoms with Crippen LogP contribution in [0, 0.1) is 10.1 Å². The van der Waals surface area contributed by atoms with Crippen LogP contribution in [0.1, 0.15) is 27.0 Å². The van der Waals surface area contributed by atoms with Gasteiger partial charge in [-0.15, -0.1) is 0 Å². The van der Waals surface area contributed by atoms with Crippen molar-refractivity contribution >= 4 is 41.4 Å². The molecule has 0 heterocycles. The maximum Gasteiger partial charge on any atom is 0.336 e. The van der Waals surface area contributed by atoms with Crippen molar-refractivity contribution in [2.45, 2.75) is 6.42 Å². The normalized spacial score (nSPS) is 10.8. The summed E-state index contributed by atoms with van der Waals surface area (Å²) in [6.07, 6.45) is 4.16. The molecule has 41 heavy (non-hydrogen) atoms. The van der Waals surface area contributed by atoms with Gasteiger partial charge in [-0.05, 0) is 47.5 Å². The van der Waals surface area contributed by atoms with E-state index >= 15 is 0 Å². The first-order valence-corrected chi connectivity index (χ1v) is 12.4. The van der Waals surface area contributed by atoms with E-state index in [-0.39, 0.29) is 34.9 Å². The number of hydrazone groups is 1. The predicted molar refractivity (Wildman–Crippen MR) is 154 cm³/mol.